The number of rotatable bonds is 10. The van der Waals surface area contributed by atoms with Gasteiger partial charge in [0, 0.05) is 19.1 Å². The number of benzene rings is 2. The lowest BCUT2D eigenvalue weighted by Crippen LogP contribution is -2.48. The van der Waals surface area contributed by atoms with Gasteiger partial charge < -0.3 is 16.0 Å². The van der Waals surface area contributed by atoms with Crippen LogP contribution in [0.3, 0.4) is 0 Å². The number of sulfone groups is 1. The molecule has 1 fully saturated rings. The number of piperidine rings is 1. The van der Waals surface area contributed by atoms with Gasteiger partial charge >= 0.3 is 12.2 Å². The Labute approximate surface area is 219 Å². The highest BCUT2D eigenvalue weighted by Gasteiger charge is 2.33. The highest BCUT2D eigenvalue weighted by molar-refractivity contribution is 7.91. The Morgan fingerprint density at radius 2 is 1.66 bits per heavy atom. The topological polar surface area (TPSA) is 133 Å². The Balaban J connectivity index is 1.62. The molecule has 1 heterocycles. The van der Waals surface area contributed by atoms with Gasteiger partial charge in [0.05, 0.1) is 21.1 Å². The van der Waals surface area contributed by atoms with Gasteiger partial charge in [0.2, 0.25) is 19.9 Å². The summed E-state index contributed by atoms with van der Waals surface area (Å²) in [4.78, 5) is 11.5. The van der Waals surface area contributed by atoms with Crippen LogP contribution < -0.4 is 20.7 Å². The van der Waals surface area contributed by atoms with Crippen molar-refractivity contribution in [2.75, 3.05) is 31.9 Å². The van der Waals surface area contributed by atoms with Crippen LogP contribution in [-0.2, 0) is 26.0 Å². The first-order valence-electron chi connectivity index (χ1n) is 11.8. The number of alkyl halides is 3. The smallest absolute Gasteiger partial charge is 0.337 e. The second-order valence-corrected chi connectivity index (χ2v) is 12.4. The summed E-state index contributed by atoms with van der Waals surface area (Å²) in [6, 6.07) is 9.26. The maximum absolute atomic E-state index is 13.5. The Morgan fingerprint density at radius 1 is 0.974 bits per heavy atom. The number of urea groups is 1. The lowest BCUT2D eigenvalue weighted by atomic mass is 10.1. The zero-order valence-corrected chi connectivity index (χ0v) is 21.9. The first kappa shape index (κ1) is 29.6. The molecule has 0 atom stereocenters. The fraction of sp³-hybridized carbons (Fsp3) is 0.375. The number of hydrogen-bond donors (Lipinski definition) is 4. The van der Waals surface area contributed by atoms with Crippen LogP contribution in [0, 0.1) is 0 Å². The van der Waals surface area contributed by atoms with Gasteiger partial charge in [-0.3, -0.25) is 0 Å². The Bertz CT molecular complexity index is 1340. The number of carbonyl (C=O) groups is 1. The minimum atomic E-state index is -4.79. The summed E-state index contributed by atoms with van der Waals surface area (Å²) < 4.78 is 93.0. The summed E-state index contributed by atoms with van der Waals surface area (Å²) >= 11 is 0. The maximum Gasteiger partial charge on any atom is 0.416 e. The van der Waals surface area contributed by atoms with Gasteiger partial charge in [-0.2, -0.15) is 13.2 Å². The van der Waals surface area contributed by atoms with Gasteiger partial charge in [-0.05, 0) is 61.8 Å². The van der Waals surface area contributed by atoms with E-state index in [9.17, 15) is 34.8 Å². The highest BCUT2D eigenvalue weighted by atomic mass is 32.2. The average molecular weight is 575 g/mol. The zero-order chi connectivity index (χ0) is 27.8. The van der Waals surface area contributed by atoms with Crippen molar-refractivity contribution in [2.24, 2.45) is 0 Å². The summed E-state index contributed by atoms with van der Waals surface area (Å²) in [7, 11) is -8.01. The van der Waals surface area contributed by atoms with Crippen molar-refractivity contribution in [2.45, 2.75) is 34.9 Å². The third-order valence-electron chi connectivity index (χ3n) is 5.71. The van der Waals surface area contributed by atoms with Gasteiger partial charge in [-0.15, -0.1) is 0 Å². The first-order valence-corrected chi connectivity index (χ1v) is 14.9. The summed E-state index contributed by atoms with van der Waals surface area (Å²) in [6.45, 7) is 1.50. The fourth-order valence-corrected chi connectivity index (χ4v) is 5.98. The molecule has 38 heavy (non-hydrogen) atoms. The molecule has 0 radical (unpaired) electrons. The van der Waals surface area contributed by atoms with Crippen molar-refractivity contribution in [1.29, 1.82) is 0 Å². The lowest BCUT2D eigenvalue weighted by molar-refractivity contribution is -0.137. The SMILES string of the molecule is O=C(NCCNS(=O)(=O)CC=Cc1cc(S(=O)(=O)c2ccccc2)ccc1C(F)(F)F)NC1CCNCC1. The number of nitrogens with one attached hydrogen (secondary N) is 4. The first-order chi connectivity index (χ1) is 17.9. The predicted molar refractivity (Wildman–Crippen MR) is 137 cm³/mol. The van der Waals surface area contributed by atoms with Gasteiger partial charge in [0.25, 0.3) is 0 Å². The quantitative estimate of drug-likeness (QED) is 0.323. The molecule has 1 saturated heterocycles. The van der Waals surface area contributed by atoms with Gasteiger partial charge in [-0.1, -0.05) is 30.4 Å². The summed E-state index contributed by atoms with van der Waals surface area (Å²) in [5.41, 5.74) is -1.59. The van der Waals surface area contributed by atoms with Crippen molar-refractivity contribution < 1.29 is 34.8 Å². The minimum absolute atomic E-state index is 0.0113. The second-order valence-electron chi connectivity index (χ2n) is 8.57. The van der Waals surface area contributed by atoms with Gasteiger partial charge in [0.1, 0.15) is 0 Å². The molecule has 2 aromatic rings. The molecule has 14 heteroatoms. The molecular formula is C24H29F3N4O5S2. The molecule has 0 spiro atoms. The molecule has 1 aliphatic rings. The largest absolute Gasteiger partial charge is 0.416 e. The second kappa shape index (κ2) is 12.7. The molecule has 3 rings (SSSR count). The highest BCUT2D eigenvalue weighted by Crippen LogP contribution is 2.34. The van der Waals surface area contributed by atoms with E-state index in [-0.39, 0.29) is 28.9 Å². The van der Waals surface area contributed by atoms with Gasteiger partial charge in [0.15, 0.2) is 0 Å². The van der Waals surface area contributed by atoms with E-state index in [0.717, 1.165) is 50.2 Å². The van der Waals surface area contributed by atoms with Crippen molar-refractivity contribution in [3.63, 3.8) is 0 Å². The van der Waals surface area contributed by atoms with E-state index >= 15 is 0 Å². The lowest BCUT2D eigenvalue weighted by Gasteiger charge is -2.23. The van der Waals surface area contributed by atoms with E-state index in [1.165, 1.54) is 24.3 Å². The van der Waals surface area contributed by atoms with Crippen LogP contribution in [0.25, 0.3) is 6.08 Å². The van der Waals surface area contributed by atoms with Crippen LogP contribution in [-0.4, -0.2) is 60.8 Å². The normalized spacial score (nSPS) is 15.4. The number of amides is 2. The third kappa shape index (κ3) is 8.55. The van der Waals surface area contributed by atoms with Crippen LogP contribution in [0.4, 0.5) is 18.0 Å². The third-order valence-corrected chi connectivity index (χ3v) is 8.75. The van der Waals surface area contributed by atoms with E-state index in [4.69, 9.17) is 0 Å². The summed E-state index contributed by atoms with van der Waals surface area (Å²) in [5, 5.41) is 8.52. The van der Waals surface area contributed by atoms with Crippen LogP contribution in [0.5, 0.6) is 0 Å². The molecule has 4 N–H and O–H groups in total. The Kier molecular flexibility index (Phi) is 9.93. The molecule has 2 aromatic carbocycles. The Morgan fingerprint density at radius 3 is 2.32 bits per heavy atom. The molecule has 0 aliphatic carbocycles. The van der Waals surface area contributed by atoms with Gasteiger partial charge in [-0.25, -0.2) is 26.4 Å². The van der Waals surface area contributed by atoms with Crippen LogP contribution in [0.15, 0.2) is 64.4 Å². The molecular weight excluding hydrogens is 545 g/mol. The standard InChI is InChI=1S/C24H29F3N4O5S2/c25-24(26,27)22-9-8-21(38(35,36)20-6-2-1-3-7-20)17-18(22)5-4-16-37(33,34)30-15-14-29-23(32)31-19-10-12-28-13-11-19/h1-9,17,19,28,30H,10-16H2,(H2,29,31,32). The Hall–Kier alpha value is -2.94. The summed E-state index contributed by atoms with van der Waals surface area (Å²) in [6.07, 6.45) is -1.26. The van der Waals surface area contributed by atoms with Crippen LogP contribution in [0.1, 0.15) is 24.0 Å². The molecule has 0 saturated carbocycles. The monoisotopic (exact) mass is 574 g/mol. The van der Waals surface area contributed by atoms with Crippen molar-refractivity contribution in [3.8, 4) is 0 Å². The fourth-order valence-electron chi connectivity index (χ4n) is 3.79. The molecule has 9 nitrogen and oxygen atoms in total. The molecule has 0 unspecified atom stereocenters. The summed E-state index contributed by atoms with van der Waals surface area (Å²) in [5.74, 6) is -0.652. The predicted octanol–water partition coefficient (Wildman–Crippen LogP) is 2.52. The zero-order valence-electron chi connectivity index (χ0n) is 20.3. The van der Waals surface area contributed by atoms with E-state index in [1.807, 2.05) is 0 Å². The number of sulfonamides is 1. The maximum atomic E-state index is 13.5. The number of carbonyl (C=O) groups excluding carboxylic acids is 1. The number of halogens is 3. The van der Waals surface area contributed by atoms with E-state index in [1.54, 1.807) is 6.07 Å². The molecule has 208 valence electrons. The minimum Gasteiger partial charge on any atom is -0.337 e. The van der Waals surface area contributed by atoms with E-state index < -0.39 is 48.9 Å². The van der Waals surface area contributed by atoms with E-state index in [0.29, 0.717) is 6.07 Å². The van der Waals surface area contributed by atoms with Crippen LogP contribution in [0.2, 0.25) is 0 Å². The molecule has 2 amide bonds. The van der Waals surface area contributed by atoms with Crippen molar-refractivity contribution >= 4 is 32.0 Å². The van der Waals surface area contributed by atoms with Crippen LogP contribution >= 0.6 is 0 Å². The molecule has 0 bridgehead atoms. The van der Waals surface area contributed by atoms with Crippen molar-refractivity contribution in [3.05, 3.63) is 65.7 Å². The van der Waals surface area contributed by atoms with E-state index in [2.05, 4.69) is 20.7 Å². The molecule has 0 aromatic heterocycles. The molecule has 1 aliphatic heterocycles. The number of hydrogen-bond acceptors (Lipinski definition) is 6. The average Bonchev–Trinajstić information content (AvgIpc) is 2.87. The van der Waals surface area contributed by atoms with Crippen molar-refractivity contribution in [1.82, 2.24) is 20.7 Å².